The van der Waals surface area contributed by atoms with Gasteiger partial charge in [0.2, 0.25) is 5.91 Å². The van der Waals surface area contributed by atoms with E-state index in [0.717, 1.165) is 4.90 Å². The van der Waals surface area contributed by atoms with Crippen LogP contribution in [0.2, 0.25) is 0 Å². The first-order valence-electron chi connectivity index (χ1n) is 4.37. The van der Waals surface area contributed by atoms with Gasteiger partial charge in [-0.15, -0.1) is 0 Å². The second-order valence-electron chi connectivity index (χ2n) is 3.45. The maximum atomic E-state index is 11.7. The molecule has 7 heteroatoms. The van der Waals surface area contributed by atoms with E-state index >= 15 is 0 Å². The summed E-state index contributed by atoms with van der Waals surface area (Å²) in [6, 6.07) is 0. The van der Waals surface area contributed by atoms with Crippen molar-refractivity contribution in [2.45, 2.75) is 19.0 Å². The zero-order chi connectivity index (χ0) is 11.6. The zero-order valence-electron chi connectivity index (χ0n) is 7.75. The summed E-state index contributed by atoms with van der Waals surface area (Å²) in [5.74, 6) is -2.28. The number of carboxylic acid groups (broad SMARTS) is 1. The summed E-state index contributed by atoms with van der Waals surface area (Å²) in [5, 5.41) is 8.47. The molecule has 0 spiro atoms. The van der Waals surface area contributed by atoms with Gasteiger partial charge in [-0.2, -0.15) is 13.2 Å². The van der Waals surface area contributed by atoms with Crippen LogP contribution in [0.5, 0.6) is 0 Å². The van der Waals surface area contributed by atoms with Gasteiger partial charge in [-0.25, -0.2) is 0 Å². The van der Waals surface area contributed by atoms with E-state index in [1.807, 2.05) is 0 Å². The number of halogens is 3. The normalized spacial score (nSPS) is 17.4. The second-order valence-corrected chi connectivity index (χ2v) is 3.45. The van der Waals surface area contributed by atoms with Gasteiger partial charge in [-0.1, -0.05) is 0 Å². The Hall–Kier alpha value is -1.27. The monoisotopic (exact) mass is 225 g/mol. The highest BCUT2D eigenvalue weighted by molar-refractivity contribution is 5.80. The van der Waals surface area contributed by atoms with Gasteiger partial charge < -0.3 is 10.0 Å². The summed E-state index contributed by atoms with van der Waals surface area (Å²) in [7, 11) is 0. The van der Waals surface area contributed by atoms with Crippen molar-refractivity contribution in [3.8, 4) is 0 Å². The summed E-state index contributed by atoms with van der Waals surface area (Å²) in [6.07, 6.45) is -6.09. The van der Waals surface area contributed by atoms with Crippen molar-refractivity contribution in [2.24, 2.45) is 5.92 Å². The SMILES string of the molecule is O=C(O)C1CN(C(=O)CCC(F)(F)F)C1. The molecule has 1 rings (SSSR count). The molecule has 15 heavy (non-hydrogen) atoms. The predicted molar refractivity (Wildman–Crippen MR) is 43.0 cm³/mol. The van der Waals surface area contributed by atoms with Crippen LogP contribution in [0, 0.1) is 5.92 Å². The third kappa shape index (κ3) is 3.41. The highest BCUT2D eigenvalue weighted by Crippen LogP contribution is 2.23. The Kier molecular flexibility index (Phi) is 3.21. The number of alkyl halides is 3. The molecular formula is C8H10F3NO3. The fraction of sp³-hybridized carbons (Fsp3) is 0.750. The molecule has 0 aromatic carbocycles. The van der Waals surface area contributed by atoms with Crippen LogP contribution in [-0.4, -0.2) is 41.1 Å². The van der Waals surface area contributed by atoms with E-state index in [1.54, 1.807) is 0 Å². The molecule has 0 unspecified atom stereocenters. The summed E-state index contributed by atoms with van der Waals surface area (Å²) in [6.45, 7) is 0.0397. The maximum absolute atomic E-state index is 11.7. The van der Waals surface area contributed by atoms with Gasteiger partial charge in [-0.3, -0.25) is 9.59 Å². The molecule has 1 fully saturated rings. The Morgan fingerprint density at radius 1 is 1.33 bits per heavy atom. The lowest BCUT2D eigenvalue weighted by molar-refractivity contribution is -0.158. The first-order valence-corrected chi connectivity index (χ1v) is 4.37. The lowest BCUT2D eigenvalue weighted by Crippen LogP contribution is -2.53. The molecule has 0 saturated carbocycles. The standard InChI is InChI=1S/C8H10F3NO3/c9-8(10,11)2-1-6(13)12-3-5(4-12)7(14)15/h5H,1-4H2,(H,14,15). The molecule has 1 aliphatic heterocycles. The molecule has 1 aliphatic rings. The molecule has 1 heterocycles. The number of hydrogen-bond donors (Lipinski definition) is 1. The van der Waals surface area contributed by atoms with Crippen LogP contribution in [-0.2, 0) is 9.59 Å². The lowest BCUT2D eigenvalue weighted by atomic mass is 10.00. The number of rotatable bonds is 3. The lowest BCUT2D eigenvalue weighted by Gasteiger charge is -2.36. The fourth-order valence-corrected chi connectivity index (χ4v) is 1.25. The molecule has 0 radical (unpaired) electrons. The van der Waals surface area contributed by atoms with Gasteiger partial charge >= 0.3 is 12.1 Å². The van der Waals surface area contributed by atoms with E-state index < -0.39 is 36.8 Å². The zero-order valence-corrected chi connectivity index (χ0v) is 7.75. The van der Waals surface area contributed by atoms with Crippen LogP contribution in [0.1, 0.15) is 12.8 Å². The molecule has 0 aromatic rings. The van der Waals surface area contributed by atoms with Gasteiger partial charge in [0.25, 0.3) is 0 Å². The van der Waals surface area contributed by atoms with Gasteiger partial charge in [-0.05, 0) is 0 Å². The molecule has 1 amide bonds. The van der Waals surface area contributed by atoms with Crippen molar-refractivity contribution in [3.05, 3.63) is 0 Å². The quantitative estimate of drug-likeness (QED) is 0.775. The van der Waals surface area contributed by atoms with Crippen molar-refractivity contribution in [1.29, 1.82) is 0 Å². The Morgan fingerprint density at radius 3 is 2.27 bits per heavy atom. The number of amides is 1. The molecule has 0 bridgehead atoms. The average Bonchev–Trinajstić information content (AvgIpc) is 1.95. The summed E-state index contributed by atoms with van der Waals surface area (Å²) in [5.41, 5.74) is 0. The van der Waals surface area contributed by atoms with E-state index in [0.29, 0.717) is 0 Å². The van der Waals surface area contributed by atoms with Crippen molar-refractivity contribution in [1.82, 2.24) is 4.90 Å². The molecule has 0 atom stereocenters. The maximum Gasteiger partial charge on any atom is 0.389 e. The summed E-state index contributed by atoms with van der Waals surface area (Å²) < 4.78 is 35.2. The summed E-state index contributed by atoms with van der Waals surface area (Å²) >= 11 is 0. The number of carboxylic acids is 1. The number of carbonyl (C=O) groups excluding carboxylic acids is 1. The van der Waals surface area contributed by atoms with Gasteiger partial charge in [0, 0.05) is 19.5 Å². The largest absolute Gasteiger partial charge is 0.481 e. The van der Waals surface area contributed by atoms with Crippen LogP contribution < -0.4 is 0 Å². The Balaban J connectivity index is 2.24. The molecule has 1 saturated heterocycles. The highest BCUT2D eigenvalue weighted by Gasteiger charge is 2.37. The number of aliphatic carboxylic acids is 1. The van der Waals surface area contributed by atoms with Crippen LogP contribution in [0.4, 0.5) is 13.2 Å². The van der Waals surface area contributed by atoms with Crippen molar-refractivity contribution in [3.63, 3.8) is 0 Å². The highest BCUT2D eigenvalue weighted by atomic mass is 19.4. The van der Waals surface area contributed by atoms with Crippen LogP contribution >= 0.6 is 0 Å². The smallest absolute Gasteiger partial charge is 0.389 e. The summed E-state index contributed by atoms with van der Waals surface area (Å²) in [4.78, 5) is 22.6. The van der Waals surface area contributed by atoms with Crippen LogP contribution in [0.3, 0.4) is 0 Å². The number of hydrogen-bond acceptors (Lipinski definition) is 2. The first kappa shape index (κ1) is 11.8. The molecular weight excluding hydrogens is 215 g/mol. The Labute approximate surface area is 83.7 Å². The fourth-order valence-electron chi connectivity index (χ4n) is 1.25. The molecule has 4 nitrogen and oxygen atoms in total. The average molecular weight is 225 g/mol. The number of carbonyl (C=O) groups is 2. The van der Waals surface area contributed by atoms with E-state index in [2.05, 4.69) is 0 Å². The van der Waals surface area contributed by atoms with Gasteiger partial charge in [0.15, 0.2) is 0 Å². The second kappa shape index (κ2) is 4.08. The van der Waals surface area contributed by atoms with E-state index in [1.165, 1.54) is 0 Å². The molecule has 0 aromatic heterocycles. The Morgan fingerprint density at radius 2 is 1.87 bits per heavy atom. The van der Waals surface area contributed by atoms with E-state index in [-0.39, 0.29) is 13.1 Å². The molecule has 1 N–H and O–H groups in total. The minimum absolute atomic E-state index is 0.0199. The van der Waals surface area contributed by atoms with E-state index in [4.69, 9.17) is 5.11 Å². The molecule has 0 aliphatic carbocycles. The van der Waals surface area contributed by atoms with Gasteiger partial charge in [0.1, 0.15) is 0 Å². The topological polar surface area (TPSA) is 57.6 Å². The van der Waals surface area contributed by atoms with Crippen molar-refractivity contribution >= 4 is 11.9 Å². The van der Waals surface area contributed by atoms with Gasteiger partial charge in [0.05, 0.1) is 12.3 Å². The first-order chi connectivity index (χ1) is 6.79. The predicted octanol–water partition coefficient (Wildman–Crippen LogP) is 0.872. The van der Waals surface area contributed by atoms with Crippen molar-refractivity contribution in [2.75, 3.05) is 13.1 Å². The van der Waals surface area contributed by atoms with Crippen LogP contribution in [0.15, 0.2) is 0 Å². The van der Waals surface area contributed by atoms with E-state index in [9.17, 15) is 22.8 Å². The third-order valence-electron chi connectivity index (χ3n) is 2.21. The van der Waals surface area contributed by atoms with Crippen molar-refractivity contribution < 1.29 is 27.9 Å². The number of nitrogens with zero attached hydrogens (tertiary/aromatic N) is 1. The minimum atomic E-state index is -4.34. The number of likely N-dealkylation sites (tertiary alicyclic amines) is 1. The van der Waals surface area contributed by atoms with Crippen LogP contribution in [0.25, 0.3) is 0 Å². The Bertz CT molecular complexity index is 271. The third-order valence-corrected chi connectivity index (χ3v) is 2.21. The minimum Gasteiger partial charge on any atom is -0.481 e. The molecule has 86 valence electrons.